The van der Waals surface area contributed by atoms with E-state index in [-0.39, 0.29) is 5.75 Å². The molecule has 0 aromatic rings. The van der Waals surface area contributed by atoms with Crippen LogP contribution in [-0.4, -0.2) is 31.4 Å². The Kier molecular flexibility index (Phi) is 5.72. The summed E-state index contributed by atoms with van der Waals surface area (Å²) in [5.41, 5.74) is -1.08. The summed E-state index contributed by atoms with van der Waals surface area (Å²) in [5.74, 6) is -0.135. The second kappa shape index (κ2) is 6.52. The van der Waals surface area contributed by atoms with E-state index < -0.39 is 26.3 Å². The fourth-order valence-electron chi connectivity index (χ4n) is 2.50. The predicted molar refractivity (Wildman–Crippen MR) is 79.4 cm³/mol. The van der Waals surface area contributed by atoms with Crippen molar-refractivity contribution in [1.29, 1.82) is 0 Å². The molecule has 0 spiro atoms. The van der Waals surface area contributed by atoms with Crippen LogP contribution in [0.25, 0.3) is 0 Å². The van der Waals surface area contributed by atoms with E-state index in [2.05, 4.69) is 5.32 Å². The maximum atomic E-state index is 11.9. The van der Waals surface area contributed by atoms with Gasteiger partial charge in [0.1, 0.15) is 5.60 Å². The van der Waals surface area contributed by atoms with Crippen molar-refractivity contribution < 1.29 is 17.9 Å². The van der Waals surface area contributed by atoms with Crippen LogP contribution in [0.4, 0.5) is 4.79 Å². The van der Waals surface area contributed by atoms with Gasteiger partial charge in [-0.3, -0.25) is 0 Å². The van der Waals surface area contributed by atoms with Crippen LogP contribution < -0.4 is 5.32 Å². The number of halogens is 1. The molecule has 0 aliphatic heterocycles. The zero-order chi connectivity index (χ0) is 15.4. The van der Waals surface area contributed by atoms with Crippen molar-refractivity contribution in [2.75, 3.05) is 5.75 Å². The van der Waals surface area contributed by atoms with Crippen LogP contribution in [0.1, 0.15) is 59.3 Å². The molecule has 1 rings (SSSR count). The Morgan fingerprint density at radius 3 is 2.25 bits per heavy atom. The van der Waals surface area contributed by atoms with Crippen molar-refractivity contribution in [3.63, 3.8) is 0 Å². The highest BCUT2D eigenvalue weighted by Crippen LogP contribution is 2.32. The predicted octanol–water partition coefficient (Wildman–Crippen LogP) is 3.17. The van der Waals surface area contributed by atoms with Gasteiger partial charge >= 0.3 is 6.09 Å². The summed E-state index contributed by atoms with van der Waals surface area (Å²) in [4.78, 5) is 11.9. The van der Waals surface area contributed by atoms with Gasteiger partial charge in [0.15, 0.2) is 0 Å². The van der Waals surface area contributed by atoms with Crippen LogP contribution in [0.2, 0.25) is 0 Å². The minimum Gasteiger partial charge on any atom is -0.444 e. The van der Waals surface area contributed by atoms with Crippen molar-refractivity contribution in [3.05, 3.63) is 0 Å². The maximum absolute atomic E-state index is 11.9. The van der Waals surface area contributed by atoms with Crippen molar-refractivity contribution in [3.8, 4) is 0 Å². The van der Waals surface area contributed by atoms with Gasteiger partial charge in [0.2, 0.25) is 9.05 Å². The molecule has 1 aliphatic carbocycles. The van der Waals surface area contributed by atoms with Gasteiger partial charge in [-0.1, -0.05) is 19.3 Å². The Morgan fingerprint density at radius 1 is 1.25 bits per heavy atom. The van der Waals surface area contributed by atoms with Gasteiger partial charge in [-0.25, -0.2) is 13.2 Å². The van der Waals surface area contributed by atoms with Crippen LogP contribution >= 0.6 is 10.7 Å². The second-order valence-electron chi connectivity index (χ2n) is 6.46. The molecule has 20 heavy (non-hydrogen) atoms. The van der Waals surface area contributed by atoms with Crippen molar-refractivity contribution in [2.24, 2.45) is 0 Å². The fraction of sp³-hybridized carbons (Fsp3) is 0.923. The highest BCUT2D eigenvalue weighted by atomic mass is 35.7. The Morgan fingerprint density at radius 2 is 1.80 bits per heavy atom. The van der Waals surface area contributed by atoms with Crippen LogP contribution in [0.5, 0.6) is 0 Å². The SMILES string of the molecule is CC(C)(C)OC(=O)NC1(CCS(=O)(=O)Cl)CCCCC1. The molecule has 0 aromatic carbocycles. The van der Waals surface area contributed by atoms with E-state index in [4.69, 9.17) is 15.4 Å². The van der Waals surface area contributed by atoms with Gasteiger partial charge in [0.25, 0.3) is 0 Å². The van der Waals surface area contributed by atoms with E-state index in [1.54, 1.807) is 20.8 Å². The summed E-state index contributed by atoms with van der Waals surface area (Å²) in [5, 5.41) is 2.88. The molecule has 1 amide bonds. The minimum atomic E-state index is -3.55. The lowest BCUT2D eigenvalue weighted by Gasteiger charge is -2.38. The molecular formula is C13H24ClNO4S. The summed E-state index contributed by atoms with van der Waals surface area (Å²) in [6, 6.07) is 0. The average Bonchev–Trinajstić information content (AvgIpc) is 2.24. The van der Waals surface area contributed by atoms with Crippen LogP contribution in [-0.2, 0) is 13.8 Å². The summed E-state index contributed by atoms with van der Waals surface area (Å²) in [7, 11) is 1.73. The smallest absolute Gasteiger partial charge is 0.408 e. The largest absolute Gasteiger partial charge is 0.444 e. The van der Waals surface area contributed by atoms with Crippen LogP contribution in [0.3, 0.4) is 0 Å². The normalized spacial score (nSPS) is 19.4. The van der Waals surface area contributed by atoms with E-state index in [0.717, 1.165) is 32.1 Å². The van der Waals surface area contributed by atoms with E-state index in [1.807, 2.05) is 0 Å². The third-order valence-corrected chi connectivity index (χ3v) is 4.56. The molecule has 0 saturated heterocycles. The Labute approximate surface area is 125 Å². The number of carbonyl (C=O) groups is 1. The van der Waals surface area contributed by atoms with Gasteiger partial charge in [0.05, 0.1) is 5.75 Å². The molecule has 1 N–H and O–H groups in total. The lowest BCUT2D eigenvalue weighted by molar-refractivity contribution is 0.0420. The van der Waals surface area contributed by atoms with Gasteiger partial charge in [-0.2, -0.15) is 0 Å². The Bertz CT molecular complexity index is 436. The number of carbonyl (C=O) groups excluding carboxylic acids is 1. The van der Waals surface area contributed by atoms with Crippen molar-refractivity contribution >= 4 is 25.8 Å². The molecule has 0 radical (unpaired) electrons. The molecule has 1 saturated carbocycles. The van der Waals surface area contributed by atoms with E-state index in [1.165, 1.54) is 0 Å². The molecule has 0 aromatic heterocycles. The molecule has 5 nitrogen and oxygen atoms in total. The van der Waals surface area contributed by atoms with Crippen LogP contribution in [0.15, 0.2) is 0 Å². The molecule has 0 heterocycles. The third kappa shape index (κ3) is 6.79. The van der Waals surface area contributed by atoms with E-state index in [9.17, 15) is 13.2 Å². The lowest BCUT2D eigenvalue weighted by Crippen LogP contribution is -2.52. The van der Waals surface area contributed by atoms with E-state index >= 15 is 0 Å². The number of alkyl carbamates (subject to hydrolysis) is 1. The first kappa shape index (κ1) is 17.6. The topological polar surface area (TPSA) is 72.5 Å². The van der Waals surface area contributed by atoms with Gasteiger partial charge in [-0.15, -0.1) is 0 Å². The molecule has 1 fully saturated rings. The quantitative estimate of drug-likeness (QED) is 0.806. The number of hydrogen-bond donors (Lipinski definition) is 1. The second-order valence-corrected chi connectivity index (χ2v) is 9.36. The zero-order valence-corrected chi connectivity index (χ0v) is 13.9. The molecule has 0 unspecified atom stereocenters. The Hall–Kier alpha value is -0.490. The molecule has 1 aliphatic rings. The highest BCUT2D eigenvalue weighted by Gasteiger charge is 2.35. The standard InChI is InChI=1S/C13H24ClNO4S/c1-12(2,3)19-11(16)15-13(7-5-4-6-8-13)9-10-20(14,17)18/h4-10H2,1-3H3,(H,15,16). The number of amides is 1. The fourth-order valence-corrected chi connectivity index (χ4v) is 3.37. The first-order chi connectivity index (χ1) is 9.02. The summed E-state index contributed by atoms with van der Waals surface area (Å²) < 4.78 is 27.6. The number of hydrogen-bond acceptors (Lipinski definition) is 4. The maximum Gasteiger partial charge on any atom is 0.408 e. The number of rotatable bonds is 4. The van der Waals surface area contributed by atoms with Crippen molar-refractivity contribution in [1.82, 2.24) is 5.32 Å². The highest BCUT2D eigenvalue weighted by molar-refractivity contribution is 8.13. The van der Waals surface area contributed by atoms with Gasteiger partial charge < -0.3 is 10.1 Å². The summed E-state index contributed by atoms with van der Waals surface area (Å²) >= 11 is 0. The lowest BCUT2D eigenvalue weighted by atomic mass is 9.80. The van der Waals surface area contributed by atoms with Gasteiger partial charge in [0, 0.05) is 16.2 Å². The monoisotopic (exact) mass is 325 g/mol. The summed E-state index contributed by atoms with van der Waals surface area (Å²) in [6.45, 7) is 5.38. The third-order valence-electron chi connectivity index (χ3n) is 3.40. The molecule has 118 valence electrons. The summed E-state index contributed by atoms with van der Waals surface area (Å²) in [6.07, 6.45) is 4.41. The average molecular weight is 326 g/mol. The molecule has 0 bridgehead atoms. The Balaban J connectivity index is 2.70. The number of ether oxygens (including phenoxy) is 1. The van der Waals surface area contributed by atoms with Crippen molar-refractivity contribution in [2.45, 2.75) is 70.4 Å². The molecule has 0 atom stereocenters. The molecular weight excluding hydrogens is 302 g/mol. The first-order valence-corrected chi connectivity index (χ1v) is 9.43. The zero-order valence-electron chi connectivity index (χ0n) is 12.4. The van der Waals surface area contributed by atoms with Gasteiger partial charge in [-0.05, 0) is 40.0 Å². The van der Waals surface area contributed by atoms with E-state index in [0.29, 0.717) is 6.42 Å². The first-order valence-electron chi connectivity index (χ1n) is 6.95. The minimum absolute atomic E-state index is 0.135. The number of nitrogens with one attached hydrogen (secondary N) is 1. The molecule has 7 heteroatoms. The van der Waals surface area contributed by atoms with Crippen LogP contribution in [0, 0.1) is 0 Å².